The summed E-state index contributed by atoms with van der Waals surface area (Å²) < 4.78 is 0. The molecule has 0 aliphatic carbocycles. The lowest BCUT2D eigenvalue weighted by molar-refractivity contribution is 0.404. The van der Waals surface area contributed by atoms with Crippen LogP contribution in [-0.2, 0) is 0 Å². The first-order valence-corrected chi connectivity index (χ1v) is 4.96. The van der Waals surface area contributed by atoms with E-state index >= 15 is 0 Å². The predicted molar refractivity (Wildman–Crippen MR) is 65.3 cm³/mol. The third-order valence-electron chi connectivity index (χ3n) is 2.47. The Labute approximate surface area is 94.1 Å². The maximum Gasteiger partial charge on any atom is 0.158 e. The second kappa shape index (κ2) is 4.11. The van der Waals surface area contributed by atoms with Gasteiger partial charge in [0.1, 0.15) is 0 Å². The van der Waals surface area contributed by atoms with Crippen molar-refractivity contribution in [2.24, 2.45) is 0 Å². The fraction of sp³-hybridized carbons (Fsp3) is 0. The average Bonchev–Trinajstić information content (AvgIpc) is 2.32. The zero-order valence-electron chi connectivity index (χ0n) is 8.72. The molecule has 2 N–H and O–H groups in total. The van der Waals surface area contributed by atoms with Crippen LogP contribution in [0, 0.1) is 0 Å². The second-order valence-corrected chi connectivity index (χ2v) is 3.49. The summed E-state index contributed by atoms with van der Waals surface area (Å²) >= 11 is 0. The average molecular weight is 212 g/mol. The van der Waals surface area contributed by atoms with E-state index in [1.807, 2.05) is 24.3 Å². The minimum absolute atomic E-state index is 0.111. The van der Waals surface area contributed by atoms with Crippen molar-refractivity contribution in [3.05, 3.63) is 54.6 Å². The highest BCUT2D eigenvalue weighted by Gasteiger charge is 2.05. The first-order valence-electron chi connectivity index (χ1n) is 4.96. The number of aromatic hydroxyl groups is 2. The Kier molecular flexibility index (Phi) is 2.64. The zero-order chi connectivity index (χ0) is 11.5. The van der Waals surface area contributed by atoms with Gasteiger partial charge in [-0.15, -0.1) is 0 Å². The smallest absolute Gasteiger partial charge is 0.158 e. The SMILES string of the molecule is C=Cc1ccccc1-c1ccc(O)c(O)c1. The fourth-order valence-electron chi connectivity index (χ4n) is 1.63. The molecule has 0 amide bonds. The van der Waals surface area contributed by atoms with Crippen LogP contribution in [0.15, 0.2) is 49.0 Å². The summed E-state index contributed by atoms with van der Waals surface area (Å²) in [5.41, 5.74) is 2.83. The van der Waals surface area contributed by atoms with Crippen molar-refractivity contribution in [1.82, 2.24) is 0 Å². The molecule has 0 bridgehead atoms. The molecule has 2 aromatic carbocycles. The molecule has 2 rings (SSSR count). The lowest BCUT2D eigenvalue weighted by Crippen LogP contribution is -1.82. The summed E-state index contributed by atoms with van der Waals surface area (Å²) in [6, 6.07) is 12.5. The van der Waals surface area contributed by atoms with E-state index in [2.05, 4.69) is 6.58 Å². The van der Waals surface area contributed by atoms with Gasteiger partial charge in [-0.1, -0.05) is 43.0 Å². The summed E-state index contributed by atoms with van der Waals surface area (Å²) in [7, 11) is 0. The van der Waals surface area contributed by atoms with E-state index in [0.717, 1.165) is 16.7 Å². The molecular formula is C14H12O2. The third kappa shape index (κ3) is 1.77. The number of hydrogen-bond acceptors (Lipinski definition) is 2. The highest BCUT2D eigenvalue weighted by Crippen LogP contribution is 2.32. The summed E-state index contributed by atoms with van der Waals surface area (Å²) in [5, 5.41) is 18.7. The third-order valence-corrected chi connectivity index (χ3v) is 2.47. The van der Waals surface area contributed by atoms with Crippen LogP contribution in [0.4, 0.5) is 0 Å². The molecule has 2 nitrogen and oxygen atoms in total. The van der Waals surface area contributed by atoms with Gasteiger partial charge in [0, 0.05) is 0 Å². The van der Waals surface area contributed by atoms with Gasteiger partial charge in [-0.25, -0.2) is 0 Å². The second-order valence-electron chi connectivity index (χ2n) is 3.49. The first-order chi connectivity index (χ1) is 7.72. The molecule has 0 spiro atoms. The van der Waals surface area contributed by atoms with Crippen LogP contribution in [0.25, 0.3) is 17.2 Å². The van der Waals surface area contributed by atoms with Crippen molar-refractivity contribution >= 4 is 6.08 Å². The van der Waals surface area contributed by atoms with Gasteiger partial charge >= 0.3 is 0 Å². The van der Waals surface area contributed by atoms with Crippen LogP contribution >= 0.6 is 0 Å². The van der Waals surface area contributed by atoms with Crippen LogP contribution in [0.2, 0.25) is 0 Å². The van der Waals surface area contributed by atoms with Gasteiger partial charge in [0.05, 0.1) is 0 Å². The Bertz CT molecular complexity index is 530. The van der Waals surface area contributed by atoms with Crippen molar-refractivity contribution in [3.63, 3.8) is 0 Å². The summed E-state index contributed by atoms with van der Waals surface area (Å²) in [6.45, 7) is 3.75. The van der Waals surface area contributed by atoms with E-state index in [4.69, 9.17) is 0 Å². The van der Waals surface area contributed by atoms with Crippen molar-refractivity contribution in [2.75, 3.05) is 0 Å². The molecule has 0 aliphatic rings. The Morgan fingerprint density at radius 3 is 2.38 bits per heavy atom. The van der Waals surface area contributed by atoms with Crippen LogP contribution in [0.5, 0.6) is 11.5 Å². The normalized spacial score (nSPS) is 10.0. The van der Waals surface area contributed by atoms with Crippen molar-refractivity contribution in [3.8, 4) is 22.6 Å². The number of phenolic OH excluding ortho intramolecular Hbond substituents is 2. The van der Waals surface area contributed by atoms with Crippen molar-refractivity contribution < 1.29 is 10.2 Å². The number of phenols is 2. The molecule has 0 aliphatic heterocycles. The Balaban J connectivity index is 2.58. The number of rotatable bonds is 2. The molecule has 0 aromatic heterocycles. The van der Waals surface area contributed by atoms with Gasteiger partial charge in [0.25, 0.3) is 0 Å². The topological polar surface area (TPSA) is 40.5 Å². The molecule has 0 saturated heterocycles. The van der Waals surface area contributed by atoms with Gasteiger partial charge in [-0.3, -0.25) is 0 Å². The monoisotopic (exact) mass is 212 g/mol. The maximum atomic E-state index is 9.45. The Morgan fingerprint density at radius 1 is 0.938 bits per heavy atom. The maximum absolute atomic E-state index is 9.45. The molecule has 0 saturated carbocycles. The van der Waals surface area contributed by atoms with E-state index in [0.29, 0.717) is 0 Å². The molecule has 80 valence electrons. The Morgan fingerprint density at radius 2 is 1.69 bits per heavy atom. The lowest BCUT2D eigenvalue weighted by atomic mass is 9.99. The number of hydrogen-bond donors (Lipinski definition) is 2. The lowest BCUT2D eigenvalue weighted by Gasteiger charge is -2.07. The zero-order valence-corrected chi connectivity index (χ0v) is 8.72. The van der Waals surface area contributed by atoms with Gasteiger partial charge in [-0.2, -0.15) is 0 Å². The largest absolute Gasteiger partial charge is 0.504 e. The van der Waals surface area contributed by atoms with Crippen LogP contribution in [0.3, 0.4) is 0 Å². The molecule has 0 unspecified atom stereocenters. The fourth-order valence-corrected chi connectivity index (χ4v) is 1.63. The summed E-state index contributed by atoms with van der Waals surface area (Å²) in [4.78, 5) is 0. The van der Waals surface area contributed by atoms with E-state index in [1.54, 1.807) is 12.1 Å². The minimum Gasteiger partial charge on any atom is -0.504 e. The van der Waals surface area contributed by atoms with Crippen LogP contribution in [-0.4, -0.2) is 10.2 Å². The standard InChI is InChI=1S/C14H12O2/c1-2-10-5-3-4-6-12(10)11-7-8-13(15)14(16)9-11/h2-9,15-16H,1H2. The van der Waals surface area contributed by atoms with Gasteiger partial charge in [-0.05, 0) is 28.8 Å². The van der Waals surface area contributed by atoms with Gasteiger partial charge in [0.15, 0.2) is 11.5 Å². The van der Waals surface area contributed by atoms with Crippen molar-refractivity contribution in [1.29, 1.82) is 0 Å². The molecule has 2 heteroatoms. The molecule has 0 fully saturated rings. The molecule has 2 aromatic rings. The summed E-state index contributed by atoms with van der Waals surface area (Å²) in [6.07, 6.45) is 1.76. The molecule has 0 heterocycles. The quantitative estimate of drug-likeness (QED) is 0.749. The van der Waals surface area contributed by atoms with Gasteiger partial charge in [0.2, 0.25) is 0 Å². The van der Waals surface area contributed by atoms with E-state index < -0.39 is 0 Å². The van der Waals surface area contributed by atoms with Crippen LogP contribution < -0.4 is 0 Å². The molecule has 16 heavy (non-hydrogen) atoms. The van der Waals surface area contributed by atoms with Gasteiger partial charge < -0.3 is 10.2 Å². The number of benzene rings is 2. The van der Waals surface area contributed by atoms with Crippen LogP contribution in [0.1, 0.15) is 5.56 Å². The summed E-state index contributed by atoms with van der Waals surface area (Å²) in [5.74, 6) is -0.226. The molecular weight excluding hydrogens is 200 g/mol. The van der Waals surface area contributed by atoms with E-state index in [-0.39, 0.29) is 11.5 Å². The van der Waals surface area contributed by atoms with E-state index in [9.17, 15) is 10.2 Å². The highest BCUT2D eigenvalue weighted by molar-refractivity contribution is 5.76. The van der Waals surface area contributed by atoms with E-state index in [1.165, 1.54) is 12.1 Å². The molecule has 0 radical (unpaired) electrons. The first kappa shape index (κ1) is 10.3. The minimum atomic E-state index is -0.114. The van der Waals surface area contributed by atoms with Crippen molar-refractivity contribution in [2.45, 2.75) is 0 Å². The molecule has 0 atom stereocenters. The highest BCUT2D eigenvalue weighted by atomic mass is 16.3. The predicted octanol–water partition coefficient (Wildman–Crippen LogP) is 3.41. The Hall–Kier alpha value is -2.22.